The smallest absolute Gasteiger partial charge is 0.338 e. The molecule has 0 heterocycles. The van der Waals surface area contributed by atoms with E-state index in [0.717, 1.165) is 0 Å². The summed E-state index contributed by atoms with van der Waals surface area (Å²) in [5, 5.41) is 22.6. The summed E-state index contributed by atoms with van der Waals surface area (Å²) in [6.45, 7) is -0.738. The molecule has 0 unspecified atom stereocenters. The van der Waals surface area contributed by atoms with Gasteiger partial charge in [-0.2, -0.15) is 0 Å². The van der Waals surface area contributed by atoms with Gasteiger partial charge in [-0.1, -0.05) is 54.6 Å². The van der Waals surface area contributed by atoms with Crippen LogP contribution in [0.4, 0.5) is 0 Å². The van der Waals surface area contributed by atoms with E-state index in [2.05, 4.69) is 0 Å². The van der Waals surface area contributed by atoms with Gasteiger partial charge in [-0.15, -0.1) is 0 Å². The van der Waals surface area contributed by atoms with E-state index in [1.807, 2.05) is 0 Å². The zero-order chi connectivity index (χ0) is 25.5. The lowest BCUT2D eigenvalue weighted by atomic mass is 9.82. The Hall–Kier alpha value is -4.27. The quantitative estimate of drug-likeness (QED) is 0.296. The Bertz CT molecular complexity index is 1230. The predicted octanol–water partition coefficient (Wildman–Crippen LogP) is 2.96. The summed E-state index contributed by atoms with van der Waals surface area (Å²) in [5.41, 5.74) is -1.62. The van der Waals surface area contributed by atoms with Crippen molar-refractivity contribution >= 4 is 17.9 Å². The van der Waals surface area contributed by atoms with E-state index in [1.165, 1.54) is 36.4 Å². The molecule has 3 aromatic rings. The second-order valence-corrected chi connectivity index (χ2v) is 8.19. The third-order valence-electron chi connectivity index (χ3n) is 5.73. The monoisotopic (exact) mass is 488 g/mol. The van der Waals surface area contributed by atoms with Crippen LogP contribution >= 0.6 is 0 Å². The van der Waals surface area contributed by atoms with Crippen LogP contribution in [0, 0.1) is 0 Å². The lowest BCUT2D eigenvalue weighted by molar-refractivity contribution is -0.184. The summed E-state index contributed by atoms with van der Waals surface area (Å²) in [7, 11) is 0. The number of carbonyl (C=O) groups is 3. The van der Waals surface area contributed by atoms with Gasteiger partial charge in [0.2, 0.25) is 0 Å². The second kappa shape index (κ2) is 11.0. The number of benzene rings is 3. The molecule has 0 radical (unpaired) electrons. The van der Waals surface area contributed by atoms with Crippen LogP contribution in [0.25, 0.3) is 0 Å². The summed E-state index contributed by atoms with van der Waals surface area (Å²) < 4.78 is 16.2. The molecule has 0 saturated carbocycles. The molecule has 36 heavy (non-hydrogen) atoms. The van der Waals surface area contributed by atoms with E-state index in [4.69, 9.17) is 14.2 Å². The van der Waals surface area contributed by atoms with Gasteiger partial charge in [0.1, 0.15) is 18.8 Å². The molecule has 0 bridgehead atoms. The molecule has 8 heteroatoms. The standard InChI is InChI=1S/C28H24O8/c29-24-22(35-26(31)20-12-6-2-7-13-20)16-17-23(36-27(32)21-14-8-3-9-15-21)28(24,33)18-34-25(30)19-10-4-1-5-11-19/h1-17,22-24,29,33H,18H2/t22-,23-,24+,28+/m1/s1. The minimum atomic E-state index is -2.31. The van der Waals surface area contributed by atoms with E-state index < -0.39 is 48.4 Å². The topological polar surface area (TPSA) is 119 Å². The molecule has 0 spiro atoms. The number of aliphatic hydroxyl groups excluding tert-OH is 1. The number of rotatable bonds is 7. The van der Waals surface area contributed by atoms with Gasteiger partial charge in [0, 0.05) is 0 Å². The Kier molecular flexibility index (Phi) is 7.58. The third kappa shape index (κ3) is 5.51. The van der Waals surface area contributed by atoms with Gasteiger partial charge < -0.3 is 24.4 Å². The molecule has 1 aliphatic carbocycles. The van der Waals surface area contributed by atoms with Crippen LogP contribution in [0.1, 0.15) is 31.1 Å². The normalized spacial score (nSPS) is 22.9. The van der Waals surface area contributed by atoms with E-state index in [1.54, 1.807) is 66.7 Å². The first-order chi connectivity index (χ1) is 17.4. The minimum Gasteiger partial charge on any atom is -0.459 e. The SMILES string of the molecule is O=C(OC[C@]1(O)[C@H](OC(=O)c2ccccc2)C=C[C@@H](OC(=O)c2ccccc2)[C@@H]1O)c1ccccc1. The molecule has 0 aliphatic heterocycles. The van der Waals surface area contributed by atoms with E-state index in [9.17, 15) is 24.6 Å². The van der Waals surface area contributed by atoms with Crippen LogP contribution in [0.15, 0.2) is 103 Å². The number of aliphatic hydroxyl groups is 2. The summed E-state index contributed by atoms with van der Waals surface area (Å²) in [4.78, 5) is 37.7. The zero-order valence-electron chi connectivity index (χ0n) is 19.1. The summed E-state index contributed by atoms with van der Waals surface area (Å²) in [6.07, 6.45) is -1.87. The molecule has 0 amide bonds. The van der Waals surface area contributed by atoms with Crippen molar-refractivity contribution in [3.63, 3.8) is 0 Å². The van der Waals surface area contributed by atoms with Crippen LogP contribution in [-0.2, 0) is 14.2 Å². The molecule has 184 valence electrons. The van der Waals surface area contributed by atoms with Crippen molar-refractivity contribution in [3.8, 4) is 0 Å². The first kappa shape index (κ1) is 24.8. The van der Waals surface area contributed by atoms with Gasteiger partial charge in [0.15, 0.2) is 11.7 Å². The third-order valence-corrected chi connectivity index (χ3v) is 5.73. The number of hydrogen-bond acceptors (Lipinski definition) is 8. The van der Waals surface area contributed by atoms with E-state index in [-0.39, 0.29) is 16.7 Å². The fraction of sp³-hybridized carbons (Fsp3) is 0.179. The number of ether oxygens (including phenoxy) is 3. The fourth-order valence-electron chi connectivity index (χ4n) is 3.71. The highest BCUT2D eigenvalue weighted by Crippen LogP contribution is 2.31. The van der Waals surface area contributed by atoms with Crippen molar-refractivity contribution in [1.82, 2.24) is 0 Å². The van der Waals surface area contributed by atoms with Gasteiger partial charge in [-0.25, -0.2) is 14.4 Å². The van der Waals surface area contributed by atoms with Gasteiger partial charge in [-0.3, -0.25) is 0 Å². The van der Waals surface area contributed by atoms with E-state index in [0.29, 0.717) is 0 Å². The maximum atomic E-state index is 12.7. The lowest BCUT2D eigenvalue weighted by Crippen LogP contribution is -2.62. The molecule has 0 saturated heterocycles. The van der Waals surface area contributed by atoms with Gasteiger partial charge in [0.25, 0.3) is 0 Å². The van der Waals surface area contributed by atoms with Gasteiger partial charge >= 0.3 is 17.9 Å². The molecule has 1 aliphatic rings. The number of hydrogen-bond donors (Lipinski definition) is 2. The number of esters is 3. The maximum absolute atomic E-state index is 12.7. The highest BCUT2D eigenvalue weighted by molar-refractivity contribution is 5.90. The Morgan fingerprint density at radius 2 is 1.11 bits per heavy atom. The summed E-state index contributed by atoms with van der Waals surface area (Å²) in [5.74, 6) is -2.24. The Labute approximate surface area is 207 Å². The van der Waals surface area contributed by atoms with Gasteiger partial charge in [-0.05, 0) is 48.6 Å². The van der Waals surface area contributed by atoms with Crippen LogP contribution in [-0.4, -0.2) is 58.6 Å². The summed E-state index contributed by atoms with van der Waals surface area (Å²) >= 11 is 0. The highest BCUT2D eigenvalue weighted by atomic mass is 16.6. The Balaban J connectivity index is 1.56. The number of carbonyl (C=O) groups excluding carboxylic acids is 3. The van der Waals surface area contributed by atoms with Crippen molar-refractivity contribution in [3.05, 3.63) is 120 Å². The van der Waals surface area contributed by atoms with Crippen LogP contribution in [0.3, 0.4) is 0 Å². The van der Waals surface area contributed by atoms with Crippen LogP contribution < -0.4 is 0 Å². The first-order valence-electron chi connectivity index (χ1n) is 11.2. The van der Waals surface area contributed by atoms with Crippen LogP contribution in [0.5, 0.6) is 0 Å². The molecule has 3 aromatic carbocycles. The maximum Gasteiger partial charge on any atom is 0.338 e. The fourth-order valence-corrected chi connectivity index (χ4v) is 3.71. The van der Waals surface area contributed by atoms with Crippen molar-refractivity contribution < 1.29 is 38.8 Å². The summed E-state index contributed by atoms with van der Waals surface area (Å²) in [6, 6.07) is 24.3. The second-order valence-electron chi connectivity index (χ2n) is 8.19. The average molecular weight is 488 g/mol. The van der Waals surface area contributed by atoms with Crippen molar-refractivity contribution in [2.24, 2.45) is 0 Å². The lowest BCUT2D eigenvalue weighted by Gasteiger charge is -2.42. The molecule has 0 fully saturated rings. The molecule has 4 rings (SSSR count). The minimum absolute atomic E-state index is 0.224. The van der Waals surface area contributed by atoms with E-state index >= 15 is 0 Å². The Morgan fingerprint density at radius 3 is 1.61 bits per heavy atom. The van der Waals surface area contributed by atoms with Crippen molar-refractivity contribution in [2.45, 2.75) is 23.9 Å². The molecule has 4 atom stereocenters. The average Bonchev–Trinajstić information content (AvgIpc) is 2.93. The highest BCUT2D eigenvalue weighted by Gasteiger charge is 2.52. The Morgan fingerprint density at radius 1 is 0.667 bits per heavy atom. The molecular weight excluding hydrogens is 464 g/mol. The molecule has 2 N–H and O–H groups in total. The first-order valence-corrected chi connectivity index (χ1v) is 11.2. The molecular formula is C28H24O8. The predicted molar refractivity (Wildman–Crippen MR) is 128 cm³/mol. The van der Waals surface area contributed by atoms with Crippen molar-refractivity contribution in [1.29, 1.82) is 0 Å². The van der Waals surface area contributed by atoms with Gasteiger partial charge in [0.05, 0.1) is 16.7 Å². The molecule has 0 aromatic heterocycles. The van der Waals surface area contributed by atoms with Crippen molar-refractivity contribution in [2.75, 3.05) is 6.61 Å². The molecule has 8 nitrogen and oxygen atoms in total. The largest absolute Gasteiger partial charge is 0.459 e. The zero-order valence-corrected chi connectivity index (χ0v) is 19.1. The van der Waals surface area contributed by atoms with Crippen LogP contribution in [0.2, 0.25) is 0 Å².